The van der Waals surface area contributed by atoms with E-state index >= 15 is 0 Å². The molecule has 0 radical (unpaired) electrons. The van der Waals surface area contributed by atoms with E-state index in [9.17, 15) is 4.79 Å². The zero-order valence-corrected chi connectivity index (χ0v) is 12.9. The molecule has 1 amide bonds. The van der Waals surface area contributed by atoms with Crippen molar-refractivity contribution in [3.8, 4) is 5.75 Å². The van der Waals surface area contributed by atoms with E-state index in [1.165, 1.54) is 0 Å². The molecule has 112 valence electrons. The van der Waals surface area contributed by atoms with Crippen LogP contribution in [-0.4, -0.2) is 28.3 Å². The van der Waals surface area contributed by atoms with Crippen LogP contribution in [-0.2, 0) is 11.3 Å². The predicted molar refractivity (Wildman–Crippen MR) is 81.8 cm³/mol. The molecule has 1 atom stereocenters. The van der Waals surface area contributed by atoms with Crippen molar-refractivity contribution in [1.82, 2.24) is 15.1 Å². The Morgan fingerprint density at radius 3 is 2.95 bits per heavy atom. The maximum absolute atomic E-state index is 11.8. The maximum Gasteiger partial charge on any atom is 0.258 e. The molecule has 7 heteroatoms. The summed E-state index contributed by atoms with van der Waals surface area (Å²) >= 11 is 11.7. The monoisotopic (exact) mass is 327 g/mol. The van der Waals surface area contributed by atoms with Crippen molar-refractivity contribution in [2.24, 2.45) is 0 Å². The summed E-state index contributed by atoms with van der Waals surface area (Å²) in [6, 6.07) is 6.63. The molecule has 0 bridgehead atoms. The number of nitrogens with zero attached hydrogens (tertiary/aromatic N) is 2. The summed E-state index contributed by atoms with van der Waals surface area (Å²) in [5, 5.41) is 7.80. The fraction of sp³-hybridized carbons (Fsp3) is 0.286. The van der Waals surface area contributed by atoms with Gasteiger partial charge in [-0.25, -0.2) is 0 Å². The second kappa shape index (κ2) is 7.33. The van der Waals surface area contributed by atoms with E-state index in [4.69, 9.17) is 27.9 Å². The molecule has 0 saturated carbocycles. The van der Waals surface area contributed by atoms with Gasteiger partial charge in [0.15, 0.2) is 6.61 Å². The van der Waals surface area contributed by atoms with Crippen LogP contribution in [0.25, 0.3) is 0 Å². The number of rotatable bonds is 6. The average Bonchev–Trinajstić information content (AvgIpc) is 2.90. The second-order valence-electron chi connectivity index (χ2n) is 4.56. The Labute approximate surface area is 132 Å². The quantitative estimate of drug-likeness (QED) is 0.887. The van der Waals surface area contributed by atoms with Crippen molar-refractivity contribution in [2.45, 2.75) is 19.5 Å². The summed E-state index contributed by atoms with van der Waals surface area (Å²) in [6.07, 6.45) is 3.53. The van der Waals surface area contributed by atoms with Crippen molar-refractivity contribution in [3.63, 3.8) is 0 Å². The number of amides is 1. The highest BCUT2D eigenvalue weighted by Crippen LogP contribution is 2.27. The summed E-state index contributed by atoms with van der Waals surface area (Å²) < 4.78 is 7.12. The first-order valence-corrected chi connectivity index (χ1v) is 7.15. The Balaban J connectivity index is 1.79. The maximum atomic E-state index is 11.8. The van der Waals surface area contributed by atoms with Crippen LogP contribution in [0.2, 0.25) is 10.0 Å². The molecule has 2 rings (SSSR count). The minimum Gasteiger partial charge on any atom is -0.482 e. The number of ether oxygens (including phenoxy) is 1. The summed E-state index contributed by atoms with van der Waals surface area (Å²) in [5.74, 6) is 0.205. The fourth-order valence-electron chi connectivity index (χ4n) is 1.79. The molecule has 1 heterocycles. The summed E-state index contributed by atoms with van der Waals surface area (Å²) in [5.41, 5.74) is 0. The number of carbonyl (C=O) groups is 1. The standard InChI is InChI=1S/C14H15Cl2N3O2/c1-10(8-19-6-2-5-17-19)18-14(20)9-21-13-4-3-11(15)7-12(13)16/h2-7,10H,8-9H2,1H3,(H,18,20)/t10-/m0/s1. The number of nitrogens with one attached hydrogen (secondary N) is 1. The van der Waals surface area contributed by atoms with Gasteiger partial charge in [0.05, 0.1) is 11.6 Å². The molecule has 0 saturated heterocycles. The molecule has 0 fully saturated rings. The SMILES string of the molecule is C[C@@H](Cn1cccn1)NC(=O)COc1ccc(Cl)cc1Cl. The molecule has 1 N–H and O–H groups in total. The van der Waals surface area contributed by atoms with E-state index in [0.717, 1.165) is 0 Å². The average molecular weight is 328 g/mol. The van der Waals surface area contributed by atoms with Gasteiger partial charge in [-0.3, -0.25) is 9.48 Å². The minimum absolute atomic E-state index is 0.0540. The number of benzene rings is 1. The number of hydrogen-bond acceptors (Lipinski definition) is 3. The van der Waals surface area contributed by atoms with Gasteiger partial charge in [0.2, 0.25) is 0 Å². The molecule has 21 heavy (non-hydrogen) atoms. The first-order chi connectivity index (χ1) is 10.0. The molecule has 0 unspecified atom stereocenters. The number of carbonyl (C=O) groups excluding carboxylic acids is 1. The van der Waals surface area contributed by atoms with Crippen LogP contribution >= 0.6 is 23.2 Å². The van der Waals surface area contributed by atoms with E-state index in [0.29, 0.717) is 22.3 Å². The van der Waals surface area contributed by atoms with Crippen LogP contribution in [0.4, 0.5) is 0 Å². The third kappa shape index (κ3) is 4.95. The molecule has 1 aromatic carbocycles. The van der Waals surface area contributed by atoms with Crippen molar-refractivity contribution in [3.05, 3.63) is 46.7 Å². The van der Waals surface area contributed by atoms with Gasteiger partial charge in [0.25, 0.3) is 5.91 Å². The van der Waals surface area contributed by atoms with Crippen LogP contribution in [0.3, 0.4) is 0 Å². The van der Waals surface area contributed by atoms with E-state index in [2.05, 4.69) is 10.4 Å². The lowest BCUT2D eigenvalue weighted by molar-refractivity contribution is -0.123. The summed E-state index contributed by atoms with van der Waals surface area (Å²) in [7, 11) is 0. The highest BCUT2D eigenvalue weighted by Gasteiger charge is 2.10. The van der Waals surface area contributed by atoms with Gasteiger partial charge in [-0.1, -0.05) is 23.2 Å². The highest BCUT2D eigenvalue weighted by molar-refractivity contribution is 6.35. The molecule has 0 aliphatic carbocycles. The van der Waals surface area contributed by atoms with Crippen molar-refractivity contribution in [2.75, 3.05) is 6.61 Å². The number of hydrogen-bond donors (Lipinski definition) is 1. The van der Waals surface area contributed by atoms with Gasteiger partial charge in [0.1, 0.15) is 5.75 Å². The van der Waals surface area contributed by atoms with E-state index < -0.39 is 0 Å². The van der Waals surface area contributed by atoms with Gasteiger partial charge in [-0.05, 0) is 31.2 Å². The lowest BCUT2D eigenvalue weighted by Gasteiger charge is -2.14. The first kappa shape index (κ1) is 15.7. The van der Waals surface area contributed by atoms with Gasteiger partial charge in [0, 0.05) is 23.5 Å². The molecular weight excluding hydrogens is 313 g/mol. The zero-order chi connectivity index (χ0) is 15.2. The third-order valence-electron chi connectivity index (χ3n) is 2.68. The molecule has 1 aromatic heterocycles. The Morgan fingerprint density at radius 2 is 2.29 bits per heavy atom. The lowest BCUT2D eigenvalue weighted by atomic mass is 10.3. The van der Waals surface area contributed by atoms with Gasteiger partial charge >= 0.3 is 0 Å². The van der Waals surface area contributed by atoms with Crippen LogP contribution in [0.5, 0.6) is 5.75 Å². The van der Waals surface area contributed by atoms with E-state index in [1.54, 1.807) is 29.1 Å². The first-order valence-electron chi connectivity index (χ1n) is 6.39. The van der Waals surface area contributed by atoms with Gasteiger partial charge in [-0.15, -0.1) is 0 Å². The van der Waals surface area contributed by atoms with Crippen LogP contribution in [0.15, 0.2) is 36.7 Å². The fourth-order valence-corrected chi connectivity index (χ4v) is 2.25. The summed E-state index contributed by atoms with van der Waals surface area (Å²) in [6.45, 7) is 2.39. The third-order valence-corrected chi connectivity index (χ3v) is 3.21. The Morgan fingerprint density at radius 1 is 1.48 bits per heavy atom. The molecule has 2 aromatic rings. The van der Waals surface area contributed by atoms with Crippen LogP contribution in [0, 0.1) is 0 Å². The van der Waals surface area contributed by atoms with Crippen LogP contribution in [0.1, 0.15) is 6.92 Å². The number of halogens is 2. The molecule has 5 nitrogen and oxygen atoms in total. The van der Waals surface area contributed by atoms with Crippen molar-refractivity contribution >= 4 is 29.1 Å². The molecule has 0 aliphatic heterocycles. The topological polar surface area (TPSA) is 56.2 Å². The Hall–Kier alpha value is -1.72. The Bertz CT molecular complexity index is 602. The summed E-state index contributed by atoms with van der Waals surface area (Å²) in [4.78, 5) is 11.8. The lowest BCUT2D eigenvalue weighted by Crippen LogP contribution is -2.38. The predicted octanol–water partition coefficient (Wildman–Crippen LogP) is 2.77. The van der Waals surface area contributed by atoms with Crippen LogP contribution < -0.4 is 10.1 Å². The van der Waals surface area contributed by atoms with E-state index in [1.807, 2.05) is 19.2 Å². The second-order valence-corrected chi connectivity index (χ2v) is 5.40. The zero-order valence-electron chi connectivity index (χ0n) is 11.4. The molecule has 0 aliphatic rings. The van der Waals surface area contributed by atoms with Gasteiger partial charge in [-0.2, -0.15) is 5.10 Å². The van der Waals surface area contributed by atoms with E-state index in [-0.39, 0.29) is 18.6 Å². The van der Waals surface area contributed by atoms with Crippen molar-refractivity contribution in [1.29, 1.82) is 0 Å². The minimum atomic E-state index is -0.222. The van der Waals surface area contributed by atoms with Crippen molar-refractivity contribution < 1.29 is 9.53 Å². The number of aromatic nitrogens is 2. The molecule has 0 spiro atoms. The normalized spacial score (nSPS) is 12.0. The smallest absolute Gasteiger partial charge is 0.258 e. The largest absolute Gasteiger partial charge is 0.482 e. The molecular formula is C14H15Cl2N3O2. The van der Waals surface area contributed by atoms with Gasteiger partial charge < -0.3 is 10.1 Å². The Kier molecular flexibility index (Phi) is 5.47. The highest BCUT2D eigenvalue weighted by atomic mass is 35.5.